The molecule has 0 aromatic heterocycles. The average Bonchev–Trinajstić information content (AvgIpc) is 2.25. The van der Waals surface area contributed by atoms with Gasteiger partial charge < -0.3 is 4.52 Å². The fraction of sp³-hybridized carbons (Fsp3) is 0.300. The highest BCUT2D eigenvalue weighted by molar-refractivity contribution is 7.86. The largest absolute Gasteiger partial charge is 0.443 e. The van der Waals surface area contributed by atoms with Crippen LogP contribution in [-0.4, -0.2) is 26.3 Å². The van der Waals surface area contributed by atoms with Crippen LogP contribution >= 0.6 is 8.03 Å². The Hall–Kier alpha value is -1.17. The van der Waals surface area contributed by atoms with E-state index in [4.69, 9.17) is 4.52 Å². The van der Waals surface area contributed by atoms with E-state index in [1.807, 2.05) is 0 Å². The highest BCUT2D eigenvalue weighted by atomic mass is 32.2. The van der Waals surface area contributed by atoms with Crippen molar-refractivity contribution < 1.29 is 26.5 Å². The van der Waals surface area contributed by atoms with Gasteiger partial charge in [0.1, 0.15) is 5.75 Å². The summed E-state index contributed by atoms with van der Waals surface area (Å²) in [6.45, 7) is 1.09. The Morgan fingerprint density at radius 2 is 1.83 bits per heavy atom. The summed E-state index contributed by atoms with van der Waals surface area (Å²) in [6, 6.07) is 8.13. The number of benzene rings is 1. The molecule has 1 rings (SSSR count). The van der Waals surface area contributed by atoms with Crippen molar-refractivity contribution in [3.63, 3.8) is 0 Å². The molecule has 0 fully saturated rings. The minimum absolute atomic E-state index is 0.282. The Bertz CT molecular complexity index is 539. The van der Waals surface area contributed by atoms with Gasteiger partial charge in [-0.1, -0.05) is 18.2 Å². The molecule has 1 aromatic carbocycles. The number of rotatable bonds is 6. The van der Waals surface area contributed by atoms with Crippen LogP contribution in [0.3, 0.4) is 0 Å². The molecular formula is C10H13O6PS. The van der Waals surface area contributed by atoms with Crippen molar-refractivity contribution in [1.29, 1.82) is 0 Å². The lowest BCUT2D eigenvalue weighted by Crippen LogP contribution is -2.22. The minimum atomic E-state index is -3.88. The minimum Gasteiger partial charge on any atom is -0.443 e. The highest BCUT2D eigenvalue weighted by Gasteiger charge is 2.28. The molecule has 2 unspecified atom stereocenters. The van der Waals surface area contributed by atoms with Crippen LogP contribution in [0.4, 0.5) is 0 Å². The molecule has 2 atom stereocenters. The SMILES string of the molecule is CC(=O)C(OS(C)(=O)=O)[PH](=O)Oc1ccccc1. The maximum atomic E-state index is 11.8. The summed E-state index contributed by atoms with van der Waals surface area (Å²) in [4.78, 5) is 11.2. The summed E-state index contributed by atoms with van der Waals surface area (Å²) in [5, 5.41) is 0. The van der Waals surface area contributed by atoms with Gasteiger partial charge in [-0.05, 0) is 19.1 Å². The molecular weight excluding hydrogens is 279 g/mol. The molecule has 100 valence electrons. The zero-order valence-electron chi connectivity index (χ0n) is 9.82. The standard InChI is InChI=1S/C10H13O6PS/c1-8(11)10(16-18(2,13)14)17(12)15-9-6-4-3-5-7-9/h3-7,10,17H,1-2H3. The van der Waals surface area contributed by atoms with Crippen molar-refractivity contribution in [1.82, 2.24) is 0 Å². The third kappa shape index (κ3) is 5.00. The van der Waals surface area contributed by atoms with Crippen molar-refractivity contribution in [2.45, 2.75) is 12.8 Å². The fourth-order valence-corrected chi connectivity index (χ4v) is 3.24. The van der Waals surface area contributed by atoms with Gasteiger partial charge in [-0.3, -0.25) is 9.36 Å². The van der Waals surface area contributed by atoms with Crippen LogP contribution in [0.2, 0.25) is 0 Å². The molecule has 0 spiro atoms. The summed E-state index contributed by atoms with van der Waals surface area (Å²) >= 11 is 0. The van der Waals surface area contributed by atoms with Gasteiger partial charge in [0.2, 0.25) is 5.85 Å². The van der Waals surface area contributed by atoms with Crippen molar-refractivity contribution >= 4 is 23.9 Å². The van der Waals surface area contributed by atoms with Gasteiger partial charge in [-0.25, -0.2) is 4.18 Å². The first-order chi connectivity index (χ1) is 8.29. The fourth-order valence-electron chi connectivity index (χ4n) is 1.11. The van der Waals surface area contributed by atoms with Gasteiger partial charge in [-0.15, -0.1) is 0 Å². The number of ketones is 1. The topological polar surface area (TPSA) is 86.7 Å². The van der Waals surface area contributed by atoms with Crippen molar-refractivity contribution in [2.24, 2.45) is 0 Å². The highest BCUT2D eigenvalue weighted by Crippen LogP contribution is 2.33. The second kappa shape index (κ2) is 6.13. The smallest absolute Gasteiger partial charge is 0.273 e. The quantitative estimate of drug-likeness (QED) is 0.582. The summed E-state index contributed by atoms with van der Waals surface area (Å²) in [7, 11) is -6.89. The van der Waals surface area contributed by atoms with Gasteiger partial charge in [0.15, 0.2) is 5.78 Å². The summed E-state index contributed by atoms with van der Waals surface area (Å²) in [6.07, 6.45) is 0.778. The molecule has 8 heteroatoms. The van der Waals surface area contributed by atoms with Gasteiger partial charge in [0.05, 0.1) is 6.26 Å². The lowest BCUT2D eigenvalue weighted by Gasteiger charge is -2.13. The summed E-state index contributed by atoms with van der Waals surface area (Å²) < 4.78 is 43.2. The van der Waals surface area contributed by atoms with E-state index in [-0.39, 0.29) is 5.75 Å². The molecule has 0 aliphatic heterocycles. The molecule has 6 nitrogen and oxygen atoms in total. The van der Waals surface area contributed by atoms with E-state index in [2.05, 4.69) is 4.18 Å². The predicted molar refractivity (Wildman–Crippen MR) is 66.5 cm³/mol. The Morgan fingerprint density at radius 3 is 2.28 bits per heavy atom. The van der Waals surface area contributed by atoms with E-state index >= 15 is 0 Å². The van der Waals surface area contributed by atoms with Crippen molar-refractivity contribution in [2.75, 3.05) is 6.26 Å². The van der Waals surface area contributed by atoms with Gasteiger partial charge in [0, 0.05) is 0 Å². The van der Waals surface area contributed by atoms with E-state index < -0.39 is 29.8 Å². The lowest BCUT2D eigenvalue weighted by molar-refractivity contribution is -0.120. The third-order valence-corrected chi connectivity index (χ3v) is 3.92. The first-order valence-electron chi connectivity index (χ1n) is 4.95. The number of para-hydroxylation sites is 1. The zero-order valence-corrected chi connectivity index (χ0v) is 11.6. The zero-order chi connectivity index (χ0) is 13.8. The maximum Gasteiger partial charge on any atom is 0.273 e. The second-order valence-electron chi connectivity index (χ2n) is 3.53. The van der Waals surface area contributed by atoms with E-state index in [1.165, 1.54) is 0 Å². The van der Waals surface area contributed by atoms with Crippen LogP contribution in [0.25, 0.3) is 0 Å². The Balaban J connectivity index is 2.82. The number of hydrogen-bond acceptors (Lipinski definition) is 6. The van der Waals surface area contributed by atoms with E-state index in [0.717, 1.165) is 13.2 Å². The first kappa shape index (κ1) is 14.9. The number of Topliss-reactive ketones (excluding diaryl/α,β-unsaturated/α-hetero) is 1. The molecule has 0 aliphatic carbocycles. The Morgan fingerprint density at radius 1 is 1.28 bits per heavy atom. The maximum absolute atomic E-state index is 11.8. The van der Waals surface area contributed by atoms with Crippen molar-refractivity contribution in [3.8, 4) is 5.75 Å². The Kier molecular flexibility index (Phi) is 5.07. The molecule has 0 saturated carbocycles. The van der Waals surface area contributed by atoms with Crippen molar-refractivity contribution in [3.05, 3.63) is 30.3 Å². The lowest BCUT2D eigenvalue weighted by atomic mass is 10.3. The monoisotopic (exact) mass is 292 g/mol. The summed E-state index contributed by atoms with van der Waals surface area (Å²) in [5.41, 5.74) is 0. The molecule has 1 aromatic rings. The molecule has 0 heterocycles. The van der Waals surface area contributed by atoms with Crippen LogP contribution in [0, 0.1) is 0 Å². The van der Waals surface area contributed by atoms with E-state index in [9.17, 15) is 17.8 Å². The summed E-state index contributed by atoms with van der Waals surface area (Å²) in [5.74, 6) is -1.98. The third-order valence-electron chi connectivity index (χ3n) is 1.82. The van der Waals surface area contributed by atoms with Crippen LogP contribution < -0.4 is 4.52 Å². The number of hydrogen-bond donors (Lipinski definition) is 0. The van der Waals surface area contributed by atoms with Crippen LogP contribution in [0.15, 0.2) is 30.3 Å². The molecule has 0 amide bonds. The van der Waals surface area contributed by atoms with Crippen LogP contribution in [-0.2, 0) is 23.7 Å². The number of carbonyl (C=O) groups excluding carboxylic acids is 1. The molecule has 0 radical (unpaired) electrons. The van der Waals surface area contributed by atoms with Crippen LogP contribution in [0.1, 0.15) is 6.92 Å². The normalized spacial score (nSPS) is 14.8. The molecule has 0 saturated heterocycles. The van der Waals surface area contributed by atoms with Gasteiger partial charge in [0.25, 0.3) is 18.1 Å². The van der Waals surface area contributed by atoms with Gasteiger partial charge in [-0.2, -0.15) is 8.42 Å². The average molecular weight is 292 g/mol. The van der Waals surface area contributed by atoms with Gasteiger partial charge >= 0.3 is 0 Å². The van der Waals surface area contributed by atoms with Crippen LogP contribution in [0.5, 0.6) is 5.75 Å². The first-order valence-corrected chi connectivity index (χ1v) is 8.16. The Labute approximate surface area is 106 Å². The second-order valence-corrected chi connectivity index (χ2v) is 6.49. The molecule has 0 N–H and O–H groups in total. The number of carbonyl (C=O) groups is 1. The van der Waals surface area contributed by atoms with E-state index in [0.29, 0.717) is 0 Å². The molecule has 0 bridgehead atoms. The predicted octanol–water partition coefficient (Wildman–Crippen LogP) is 1.43. The molecule has 0 aliphatic rings. The molecule has 18 heavy (non-hydrogen) atoms. The van der Waals surface area contributed by atoms with E-state index in [1.54, 1.807) is 30.3 Å².